The van der Waals surface area contributed by atoms with Crippen LogP contribution in [0.25, 0.3) is 22.0 Å². The first-order chi connectivity index (χ1) is 16.3. The number of nitrogens with zero attached hydrogens (tertiary/aromatic N) is 2. The van der Waals surface area contributed by atoms with Crippen LogP contribution in [0.1, 0.15) is 36.8 Å². The molecule has 1 N–H and O–H groups in total. The van der Waals surface area contributed by atoms with E-state index in [2.05, 4.69) is 75.8 Å². The van der Waals surface area contributed by atoms with E-state index in [4.69, 9.17) is 4.98 Å². The number of nitrogens with one attached hydrogen (secondary N) is 1. The third-order valence-corrected chi connectivity index (χ3v) is 7.91. The number of aryl methyl sites for hydroxylation is 2. The number of para-hydroxylation sites is 1. The molecule has 1 heterocycles. The summed E-state index contributed by atoms with van der Waals surface area (Å²) in [4.78, 5) is 20.3. The number of anilines is 2. The monoisotopic (exact) mass is 469 g/mol. The number of hydrogen-bond donors (Lipinski definition) is 1. The van der Waals surface area contributed by atoms with Gasteiger partial charge in [-0.2, -0.15) is 0 Å². The molecule has 0 saturated heterocycles. The van der Waals surface area contributed by atoms with Crippen molar-refractivity contribution in [3.63, 3.8) is 0 Å². The van der Waals surface area contributed by atoms with E-state index >= 15 is 0 Å². The van der Waals surface area contributed by atoms with E-state index in [1.165, 1.54) is 33.1 Å². The smallest absolute Gasteiger partial charge is 0.232 e. The second-order valence-electron chi connectivity index (χ2n) is 9.74. The number of pyridine rings is 1. The zero-order valence-corrected chi connectivity index (χ0v) is 21.6. The van der Waals surface area contributed by atoms with Crippen molar-refractivity contribution in [3.05, 3.63) is 71.0 Å². The van der Waals surface area contributed by atoms with Gasteiger partial charge in [-0.3, -0.25) is 9.78 Å². The SMILES string of the molecule is Cc1cc(C)c(P)c(-c2cccc3c(N(C)C)c(NC(=O)[C@@H]4CCC5=C4C=CCC5)cnc23)c1. The van der Waals surface area contributed by atoms with Gasteiger partial charge in [-0.15, -0.1) is 9.24 Å². The lowest BCUT2D eigenvalue weighted by atomic mass is 9.94. The molecule has 0 aliphatic heterocycles. The van der Waals surface area contributed by atoms with Gasteiger partial charge in [0.15, 0.2) is 0 Å². The maximum Gasteiger partial charge on any atom is 0.232 e. The summed E-state index contributed by atoms with van der Waals surface area (Å²) in [5.41, 5.74) is 10.1. The van der Waals surface area contributed by atoms with Crippen LogP contribution in [0.3, 0.4) is 0 Å². The molecule has 1 amide bonds. The number of hydrogen-bond acceptors (Lipinski definition) is 3. The lowest BCUT2D eigenvalue weighted by molar-refractivity contribution is -0.118. The van der Waals surface area contributed by atoms with E-state index in [9.17, 15) is 4.79 Å². The molecular weight excluding hydrogens is 437 g/mol. The molecule has 0 bridgehead atoms. The zero-order chi connectivity index (χ0) is 24.0. The lowest BCUT2D eigenvalue weighted by Crippen LogP contribution is -2.24. The van der Waals surface area contributed by atoms with Crippen molar-refractivity contribution in [3.8, 4) is 11.1 Å². The number of amides is 1. The Bertz CT molecular complexity index is 1370. The van der Waals surface area contributed by atoms with E-state index in [0.717, 1.165) is 53.5 Å². The van der Waals surface area contributed by atoms with Crippen molar-refractivity contribution in [1.29, 1.82) is 0 Å². The summed E-state index contributed by atoms with van der Waals surface area (Å²) in [6.07, 6.45) is 10.3. The Morgan fingerprint density at radius 2 is 1.97 bits per heavy atom. The van der Waals surface area contributed by atoms with Crippen LogP contribution < -0.4 is 15.5 Å². The molecule has 4 nitrogen and oxygen atoms in total. The number of rotatable bonds is 4. The number of fused-ring (bicyclic) bond motifs is 1. The van der Waals surface area contributed by atoms with Crippen molar-refractivity contribution in [2.24, 2.45) is 5.92 Å². The third-order valence-electron chi connectivity index (χ3n) is 7.14. The van der Waals surface area contributed by atoms with Crippen LogP contribution >= 0.6 is 9.24 Å². The fourth-order valence-corrected chi connectivity index (χ4v) is 5.85. The van der Waals surface area contributed by atoms with Crippen molar-refractivity contribution >= 4 is 42.7 Å². The molecule has 1 aromatic heterocycles. The Labute approximate surface area is 204 Å². The normalized spacial score (nSPS) is 17.3. The molecule has 0 spiro atoms. The van der Waals surface area contributed by atoms with Crippen molar-refractivity contribution < 1.29 is 4.79 Å². The van der Waals surface area contributed by atoms with E-state index < -0.39 is 0 Å². The van der Waals surface area contributed by atoms with E-state index in [-0.39, 0.29) is 11.8 Å². The highest BCUT2D eigenvalue weighted by Crippen LogP contribution is 2.40. The minimum absolute atomic E-state index is 0.0681. The average molecular weight is 470 g/mol. The molecule has 34 heavy (non-hydrogen) atoms. The lowest BCUT2D eigenvalue weighted by Gasteiger charge is -2.23. The Hall–Kier alpha value is -2.97. The van der Waals surface area contributed by atoms with Crippen molar-refractivity contribution in [1.82, 2.24) is 4.98 Å². The molecule has 5 rings (SSSR count). The van der Waals surface area contributed by atoms with Crippen molar-refractivity contribution in [2.75, 3.05) is 24.3 Å². The maximum absolute atomic E-state index is 13.4. The second-order valence-corrected chi connectivity index (χ2v) is 10.3. The first kappa shape index (κ1) is 22.8. The Morgan fingerprint density at radius 1 is 1.15 bits per heavy atom. The fourth-order valence-electron chi connectivity index (χ4n) is 5.53. The second kappa shape index (κ2) is 9.00. The highest BCUT2D eigenvalue weighted by molar-refractivity contribution is 7.28. The summed E-state index contributed by atoms with van der Waals surface area (Å²) in [6.45, 7) is 4.27. The predicted molar refractivity (Wildman–Crippen MR) is 147 cm³/mol. The van der Waals surface area contributed by atoms with Gasteiger partial charge in [0, 0.05) is 25.0 Å². The molecular formula is C29H32N3OP. The molecule has 3 aromatic rings. The van der Waals surface area contributed by atoms with Crippen LogP contribution in [0.2, 0.25) is 0 Å². The maximum atomic E-state index is 13.4. The Kier molecular flexibility index (Phi) is 6.04. The Morgan fingerprint density at radius 3 is 2.76 bits per heavy atom. The molecule has 2 atom stereocenters. The zero-order valence-electron chi connectivity index (χ0n) is 20.4. The standard InChI is InChI=1S/C29H32N3OP/c1-17-14-18(2)28(34)24(15-17)21-10-7-11-23-26(21)30-16-25(27(23)32(3)4)31-29(33)22-13-12-19-8-5-6-9-20(19)22/h6-7,9-11,14-16,22H,5,8,12-13,34H2,1-4H3,(H,31,33)/t22-/m1/s1. The number of benzene rings is 2. The Balaban J connectivity index is 1.58. The highest BCUT2D eigenvalue weighted by Gasteiger charge is 2.31. The van der Waals surface area contributed by atoms with Gasteiger partial charge in [0.05, 0.1) is 29.0 Å². The number of carbonyl (C=O) groups is 1. The van der Waals surface area contributed by atoms with Gasteiger partial charge in [-0.1, -0.05) is 53.6 Å². The number of aromatic nitrogens is 1. The molecule has 2 aliphatic carbocycles. The fraction of sp³-hybridized carbons (Fsp3) is 0.310. The summed E-state index contributed by atoms with van der Waals surface area (Å²) >= 11 is 0. The summed E-state index contributed by atoms with van der Waals surface area (Å²) < 4.78 is 0. The average Bonchev–Trinajstić information content (AvgIpc) is 3.25. The van der Waals surface area contributed by atoms with E-state index in [0.29, 0.717) is 0 Å². The van der Waals surface area contributed by atoms with Gasteiger partial charge in [-0.05, 0) is 61.5 Å². The molecule has 0 saturated carbocycles. The highest BCUT2D eigenvalue weighted by atomic mass is 31.0. The van der Waals surface area contributed by atoms with Crippen LogP contribution in [0, 0.1) is 19.8 Å². The number of allylic oxidation sites excluding steroid dienone is 3. The largest absolute Gasteiger partial charge is 0.375 e. The molecule has 0 radical (unpaired) electrons. The van der Waals surface area contributed by atoms with Crippen LogP contribution in [0.15, 0.2) is 59.8 Å². The quantitative estimate of drug-likeness (QED) is 0.471. The first-order valence-electron chi connectivity index (χ1n) is 12.0. The summed E-state index contributed by atoms with van der Waals surface area (Å²) in [5.74, 6) is -0.00274. The molecule has 0 fully saturated rings. The van der Waals surface area contributed by atoms with Gasteiger partial charge < -0.3 is 10.2 Å². The van der Waals surface area contributed by atoms with Crippen molar-refractivity contribution in [2.45, 2.75) is 39.5 Å². The van der Waals surface area contributed by atoms with Gasteiger partial charge in [-0.25, -0.2) is 0 Å². The third kappa shape index (κ3) is 3.95. The molecule has 2 aliphatic rings. The number of carbonyl (C=O) groups excluding carboxylic acids is 1. The van der Waals surface area contributed by atoms with Gasteiger partial charge in [0.2, 0.25) is 5.91 Å². The first-order valence-corrected chi connectivity index (χ1v) is 12.6. The van der Waals surface area contributed by atoms with Gasteiger partial charge in [0.1, 0.15) is 0 Å². The summed E-state index contributed by atoms with van der Waals surface area (Å²) in [5, 5.41) is 5.46. The van der Waals surface area contributed by atoms with E-state index in [1.807, 2.05) is 20.3 Å². The van der Waals surface area contributed by atoms with Crippen LogP contribution in [-0.4, -0.2) is 25.0 Å². The summed E-state index contributed by atoms with van der Waals surface area (Å²) in [6, 6.07) is 10.7. The van der Waals surface area contributed by atoms with Gasteiger partial charge in [0.25, 0.3) is 0 Å². The molecule has 2 aromatic carbocycles. The minimum Gasteiger partial charge on any atom is -0.375 e. The predicted octanol–water partition coefficient (Wildman–Crippen LogP) is 6.08. The molecule has 5 heteroatoms. The topological polar surface area (TPSA) is 45.2 Å². The molecule has 1 unspecified atom stereocenters. The summed E-state index contributed by atoms with van der Waals surface area (Å²) in [7, 11) is 6.94. The minimum atomic E-state index is -0.0708. The van der Waals surface area contributed by atoms with Crippen LogP contribution in [0.5, 0.6) is 0 Å². The van der Waals surface area contributed by atoms with Crippen LogP contribution in [0.4, 0.5) is 11.4 Å². The van der Waals surface area contributed by atoms with Gasteiger partial charge >= 0.3 is 0 Å². The van der Waals surface area contributed by atoms with E-state index in [1.54, 1.807) is 0 Å². The van der Waals surface area contributed by atoms with Crippen LogP contribution in [-0.2, 0) is 4.79 Å². The molecule has 174 valence electrons.